The van der Waals surface area contributed by atoms with Crippen molar-refractivity contribution >= 4 is 27.3 Å². The van der Waals surface area contributed by atoms with Crippen LogP contribution < -0.4 is 4.72 Å². The minimum absolute atomic E-state index is 0.100. The Bertz CT molecular complexity index is 851. The lowest BCUT2D eigenvalue weighted by molar-refractivity contribution is -0.137. The van der Waals surface area contributed by atoms with Crippen LogP contribution in [-0.2, 0) is 21.2 Å². The molecule has 0 aromatic carbocycles. The van der Waals surface area contributed by atoms with Crippen molar-refractivity contribution in [1.29, 1.82) is 0 Å². The zero-order valence-corrected chi connectivity index (χ0v) is 19.7. The molecule has 28 heavy (non-hydrogen) atoms. The van der Waals surface area contributed by atoms with E-state index in [1.807, 2.05) is 31.7 Å². The molecule has 2 fully saturated rings. The molecule has 1 aromatic heterocycles. The Hall–Kier alpha value is -0.920. The number of thiophene rings is 1. The van der Waals surface area contributed by atoms with Crippen molar-refractivity contribution in [3.63, 3.8) is 0 Å². The third-order valence-corrected chi connectivity index (χ3v) is 9.67. The average Bonchev–Trinajstić information content (AvgIpc) is 2.95. The number of hydrogen-bond acceptors (Lipinski definition) is 4. The summed E-state index contributed by atoms with van der Waals surface area (Å²) in [6.45, 7) is 15.2. The SMILES string of the molecule is CCCc1ccc(S(=O)(=O)N[C@H](C(=O)N2C[C@H]3[C@@H]([C@H]2C)C3(C)C)C(C)(C)C)s1. The van der Waals surface area contributed by atoms with E-state index >= 15 is 0 Å². The molecule has 1 aromatic rings. The van der Waals surface area contributed by atoms with Crippen molar-refractivity contribution in [2.24, 2.45) is 22.7 Å². The second-order valence-corrected chi connectivity index (χ2v) is 13.2. The summed E-state index contributed by atoms with van der Waals surface area (Å²) in [6.07, 6.45) is 1.84. The number of carbonyl (C=O) groups is 1. The number of amides is 1. The molecule has 1 amide bonds. The van der Waals surface area contributed by atoms with Crippen molar-refractivity contribution in [1.82, 2.24) is 9.62 Å². The lowest BCUT2D eigenvalue weighted by Crippen LogP contribution is -2.56. The van der Waals surface area contributed by atoms with Gasteiger partial charge in [0, 0.05) is 17.5 Å². The van der Waals surface area contributed by atoms with Gasteiger partial charge in [0.1, 0.15) is 10.3 Å². The van der Waals surface area contributed by atoms with Gasteiger partial charge in [-0.05, 0) is 48.1 Å². The number of rotatable bonds is 6. The smallest absolute Gasteiger partial charge is 0.250 e. The van der Waals surface area contributed by atoms with Crippen LogP contribution in [0.3, 0.4) is 0 Å². The molecule has 5 nitrogen and oxygen atoms in total. The maximum Gasteiger partial charge on any atom is 0.250 e. The minimum atomic E-state index is -3.74. The topological polar surface area (TPSA) is 66.5 Å². The minimum Gasteiger partial charge on any atom is -0.338 e. The van der Waals surface area contributed by atoms with Gasteiger partial charge >= 0.3 is 0 Å². The number of carbonyl (C=O) groups excluding carboxylic acids is 1. The summed E-state index contributed by atoms with van der Waals surface area (Å²) in [5, 5.41) is 0. The van der Waals surface area contributed by atoms with Gasteiger partial charge in [0.25, 0.3) is 10.0 Å². The van der Waals surface area contributed by atoms with E-state index in [1.165, 1.54) is 11.3 Å². The van der Waals surface area contributed by atoms with Crippen LogP contribution in [0.15, 0.2) is 16.3 Å². The number of sulfonamides is 1. The second-order valence-electron chi connectivity index (χ2n) is 10.1. The summed E-state index contributed by atoms with van der Waals surface area (Å²) in [6, 6.07) is 2.89. The summed E-state index contributed by atoms with van der Waals surface area (Å²) in [7, 11) is -3.74. The summed E-state index contributed by atoms with van der Waals surface area (Å²) >= 11 is 1.29. The molecule has 0 bridgehead atoms. The largest absolute Gasteiger partial charge is 0.338 e. The summed E-state index contributed by atoms with van der Waals surface area (Å²) in [4.78, 5) is 16.4. The first-order valence-electron chi connectivity index (χ1n) is 10.2. The van der Waals surface area contributed by atoms with E-state index in [0.29, 0.717) is 17.3 Å². The van der Waals surface area contributed by atoms with E-state index in [0.717, 1.165) is 24.3 Å². The van der Waals surface area contributed by atoms with Crippen molar-refractivity contribution in [3.05, 3.63) is 17.0 Å². The molecule has 1 N–H and O–H groups in total. The number of likely N-dealkylation sites (tertiary alicyclic amines) is 1. The van der Waals surface area contributed by atoms with Crippen LogP contribution in [0, 0.1) is 22.7 Å². The van der Waals surface area contributed by atoms with Crippen LogP contribution in [0.5, 0.6) is 0 Å². The standard InChI is InChI=1S/C21H34N2O3S2/c1-8-9-14-10-11-16(27-14)28(25,26)22-18(20(3,4)5)19(24)23-12-15-17(13(23)2)21(15,6)7/h10-11,13,15,17-18,22H,8-9,12H2,1-7H3/t13-,15+,17-,18-/m1/s1. The lowest BCUT2D eigenvalue weighted by atomic mass is 9.86. The van der Waals surface area contributed by atoms with Crippen molar-refractivity contribution in [2.75, 3.05) is 6.54 Å². The second kappa shape index (κ2) is 7.10. The Kier molecular flexibility index (Phi) is 5.52. The molecule has 2 aliphatic rings. The molecule has 3 rings (SSSR count). The maximum atomic E-state index is 13.4. The van der Waals surface area contributed by atoms with Gasteiger partial charge in [0.15, 0.2) is 0 Å². The van der Waals surface area contributed by atoms with Gasteiger partial charge in [-0.3, -0.25) is 4.79 Å². The van der Waals surface area contributed by atoms with Gasteiger partial charge in [-0.15, -0.1) is 11.3 Å². The summed E-state index contributed by atoms with van der Waals surface area (Å²) in [5.74, 6) is 0.942. The van der Waals surface area contributed by atoms with Crippen molar-refractivity contribution < 1.29 is 13.2 Å². The van der Waals surface area contributed by atoms with Crippen LogP contribution in [0.2, 0.25) is 0 Å². The van der Waals surface area contributed by atoms with Crippen LogP contribution in [0.4, 0.5) is 0 Å². The summed E-state index contributed by atoms with van der Waals surface area (Å²) in [5.41, 5.74) is -0.227. The third kappa shape index (κ3) is 3.77. The first-order chi connectivity index (χ1) is 12.8. The highest BCUT2D eigenvalue weighted by Crippen LogP contribution is 2.64. The van der Waals surface area contributed by atoms with Crippen molar-refractivity contribution in [2.45, 2.75) is 77.6 Å². The molecule has 4 atom stereocenters. The first kappa shape index (κ1) is 21.8. The fraction of sp³-hybridized carbons (Fsp3) is 0.762. The molecule has 1 saturated heterocycles. The van der Waals surface area contributed by atoms with Crippen LogP contribution in [0.25, 0.3) is 0 Å². The Labute approximate surface area is 173 Å². The molecular weight excluding hydrogens is 392 g/mol. The number of nitrogens with one attached hydrogen (secondary N) is 1. The number of piperidine rings is 1. The van der Waals surface area contributed by atoms with Crippen LogP contribution in [-0.4, -0.2) is 37.9 Å². The molecule has 0 radical (unpaired) electrons. The van der Waals surface area contributed by atoms with E-state index < -0.39 is 21.5 Å². The van der Waals surface area contributed by atoms with Gasteiger partial charge < -0.3 is 4.90 Å². The lowest BCUT2D eigenvalue weighted by Gasteiger charge is -2.36. The van der Waals surface area contributed by atoms with Gasteiger partial charge in [-0.1, -0.05) is 48.0 Å². The molecular formula is C21H34N2O3S2. The van der Waals surface area contributed by atoms with Crippen molar-refractivity contribution in [3.8, 4) is 0 Å². The highest BCUT2D eigenvalue weighted by molar-refractivity contribution is 7.91. The zero-order chi connectivity index (χ0) is 21.1. The van der Waals surface area contributed by atoms with Gasteiger partial charge in [-0.2, -0.15) is 4.72 Å². The molecule has 2 heterocycles. The van der Waals surface area contributed by atoms with E-state index in [1.54, 1.807) is 6.07 Å². The Morgan fingerprint density at radius 2 is 2.00 bits per heavy atom. The number of hydrogen-bond donors (Lipinski definition) is 1. The van der Waals surface area contributed by atoms with Crippen LogP contribution in [0.1, 0.15) is 59.8 Å². The molecule has 0 spiro atoms. The highest BCUT2D eigenvalue weighted by atomic mass is 32.2. The van der Waals surface area contributed by atoms with E-state index in [9.17, 15) is 13.2 Å². The Morgan fingerprint density at radius 1 is 1.36 bits per heavy atom. The number of aryl methyl sites for hydroxylation is 1. The van der Waals surface area contributed by atoms with Gasteiger partial charge in [0.05, 0.1) is 0 Å². The van der Waals surface area contributed by atoms with Gasteiger partial charge in [0.2, 0.25) is 5.91 Å². The quantitative estimate of drug-likeness (QED) is 0.750. The molecule has 158 valence electrons. The Balaban J connectivity index is 1.80. The van der Waals surface area contributed by atoms with E-state index in [4.69, 9.17) is 0 Å². The molecule has 1 saturated carbocycles. The zero-order valence-electron chi connectivity index (χ0n) is 18.1. The van der Waals surface area contributed by atoms with Gasteiger partial charge in [-0.25, -0.2) is 8.42 Å². The summed E-state index contributed by atoms with van der Waals surface area (Å²) < 4.78 is 29.1. The van der Waals surface area contributed by atoms with E-state index in [2.05, 4.69) is 32.4 Å². The molecule has 1 aliphatic heterocycles. The average molecular weight is 427 g/mol. The predicted molar refractivity (Wildman–Crippen MR) is 114 cm³/mol. The number of fused-ring (bicyclic) bond motifs is 1. The molecule has 7 heteroatoms. The first-order valence-corrected chi connectivity index (χ1v) is 12.5. The van der Waals surface area contributed by atoms with E-state index in [-0.39, 0.29) is 16.2 Å². The predicted octanol–water partition coefficient (Wildman–Crippen LogP) is 3.90. The third-order valence-electron chi connectivity index (χ3n) is 6.61. The normalized spacial score (nSPS) is 27.5. The Morgan fingerprint density at radius 3 is 2.50 bits per heavy atom. The highest BCUT2D eigenvalue weighted by Gasteiger charge is 2.66. The maximum absolute atomic E-state index is 13.4. The molecule has 0 unspecified atom stereocenters. The van der Waals surface area contributed by atoms with Crippen LogP contribution >= 0.6 is 11.3 Å². The fourth-order valence-corrected chi connectivity index (χ4v) is 7.69. The monoisotopic (exact) mass is 426 g/mol. The number of nitrogens with zero attached hydrogens (tertiary/aromatic N) is 1. The fourth-order valence-electron chi connectivity index (χ4n) is 4.82. The molecule has 1 aliphatic carbocycles.